The maximum atomic E-state index is 4.53. The van der Waals surface area contributed by atoms with Gasteiger partial charge >= 0.3 is 0 Å². The summed E-state index contributed by atoms with van der Waals surface area (Å²) in [6.45, 7) is 4.19. The Morgan fingerprint density at radius 3 is 2.83 bits per heavy atom. The summed E-state index contributed by atoms with van der Waals surface area (Å²) in [7, 11) is 1.89. The van der Waals surface area contributed by atoms with E-state index >= 15 is 0 Å². The van der Waals surface area contributed by atoms with E-state index in [1.54, 1.807) is 0 Å². The molecule has 7 heteroatoms. The van der Waals surface area contributed by atoms with Crippen LogP contribution in [0, 0.1) is 5.92 Å². The number of likely N-dealkylation sites (tertiary alicyclic amines) is 1. The van der Waals surface area contributed by atoms with Crippen LogP contribution < -0.4 is 5.32 Å². The monoisotopic (exact) mass is 522 g/mol. The molecule has 0 spiro atoms. The van der Waals surface area contributed by atoms with Gasteiger partial charge in [0.15, 0.2) is 5.96 Å². The van der Waals surface area contributed by atoms with Crippen LogP contribution in [0.2, 0.25) is 0 Å². The van der Waals surface area contributed by atoms with Crippen LogP contribution in [0.15, 0.2) is 35.3 Å². The van der Waals surface area contributed by atoms with E-state index in [0.29, 0.717) is 5.92 Å². The summed E-state index contributed by atoms with van der Waals surface area (Å²) in [4.78, 5) is 6.94. The summed E-state index contributed by atoms with van der Waals surface area (Å²) in [5.41, 5.74) is 1.44. The Kier molecular flexibility index (Phi) is 8.96. The molecule has 1 saturated heterocycles. The zero-order valence-corrected chi connectivity index (χ0v) is 20.4. The molecule has 1 aromatic heterocycles. The first-order valence-corrected chi connectivity index (χ1v) is 11.2. The van der Waals surface area contributed by atoms with Crippen molar-refractivity contribution in [2.75, 3.05) is 26.7 Å². The number of aryl methyl sites for hydroxylation is 2. The second-order valence-corrected chi connectivity index (χ2v) is 8.36. The number of aromatic nitrogens is 3. The first-order valence-electron chi connectivity index (χ1n) is 11.2. The zero-order chi connectivity index (χ0) is 19.9. The van der Waals surface area contributed by atoms with E-state index < -0.39 is 0 Å². The third-order valence-corrected chi connectivity index (χ3v) is 6.21. The quantitative estimate of drug-likeness (QED) is 0.272. The summed E-state index contributed by atoms with van der Waals surface area (Å²) in [6.07, 6.45) is 9.32. The molecule has 0 saturated carbocycles. The number of rotatable bonds is 6. The summed E-state index contributed by atoms with van der Waals surface area (Å²) < 4.78 is 2.36. The molecule has 1 fully saturated rings. The van der Waals surface area contributed by atoms with Crippen LogP contribution in [0.25, 0.3) is 0 Å². The van der Waals surface area contributed by atoms with E-state index in [9.17, 15) is 0 Å². The molecule has 6 nitrogen and oxygen atoms in total. The topological polar surface area (TPSA) is 58.3 Å². The number of nitrogens with one attached hydrogen (secondary N) is 1. The molecule has 0 bridgehead atoms. The molecule has 4 rings (SSSR count). The molecule has 30 heavy (non-hydrogen) atoms. The van der Waals surface area contributed by atoms with Crippen molar-refractivity contribution in [3.8, 4) is 0 Å². The van der Waals surface area contributed by atoms with Gasteiger partial charge in [-0.3, -0.25) is 4.99 Å². The van der Waals surface area contributed by atoms with E-state index in [-0.39, 0.29) is 24.0 Å². The molecule has 1 aromatic carbocycles. The number of halogens is 1. The first-order chi connectivity index (χ1) is 14.3. The Morgan fingerprint density at radius 1 is 1.13 bits per heavy atom. The Morgan fingerprint density at radius 2 is 2.00 bits per heavy atom. The first kappa shape index (κ1) is 23.0. The van der Waals surface area contributed by atoms with Gasteiger partial charge in [-0.25, -0.2) is 0 Å². The van der Waals surface area contributed by atoms with Crippen molar-refractivity contribution in [2.24, 2.45) is 10.9 Å². The lowest BCUT2D eigenvalue weighted by molar-refractivity contribution is 0.459. The minimum Gasteiger partial charge on any atom is -0.356 e. The predicted molar refractivity (Wildman–Crippen MR) is 133 cm³/mol. The highest BCUT2D eigenvalue weighted by atomic mass is 127. The van der Waals surface area contributed by atoms with Gasteiger partial charge in [0, 0.05) is 46.1 Å². The average Bonchev–Trinajstić information content (AvgIpc) is 3.29. The number of benzene rings is 1. The highest BCUT2D eigenvalue weighted by Crippen LogP contribution is 2.21. The second-order valence-electron chi connectivity index (χ2n) is 8.36. The molecular formula is C23H35IN6. The summed E-state index contributed by atoms with van der Waals surface area (Å²) >= 11 is 0. The van der Waals surface area contributed by atoms with Gasteiger partial charge < -0.3 is 14.8 Å². The van der Waals surface area contributed by atoms with Crippen LogP contribution in [0.1, 0.15) is 49.3 Å². The summed E-state index contributed by atoms with van der Waals surface area (Å²) in [5, 5.41) is 12.4. The van der Waals surface area contributed by atoms with Gasteiger partial charge in [0.25, 0.3) is 0 Å². The molecule has 164 valence electrons. The van der Waals surface area contributed by atoms with Crippen molar-refractivity contribution in [1.82, 2.24) is 25.0 Å². The molecule has 1 N–H and O–H groups in total. The highest BCUT2D eigenvalue weighted by molar-refractivity contribution is 14.0. The Hall–Kier alpha value is -1.64. The fourth-order valence-corrected chi connectivity index (χ4v) is 4.65. The van der Waals surface area contributed by atoms with Gasteiger partial charge in [-0.2, -0.15) is 0 Å². The van der Waals surface area contributed by atoms with Crippen molar-refractivity contribution in [3.63, 3.8) is 0 Å². The number of guanidine groups is 1. The lowest BCUT2D eigenvalue weighted by Crippen LogP contribution is -2.40. The summed E-state index contributed by atoms with van der Waals surface area (Å²) in [5.74, 6) is 4.09. The summed E-state index contributed by atoms with van der Waals surface area (Å²) in [6, 6.07) is 10.8. The van der Waals surface area contributed by atoms with Gasteiger partial charge in [0.1, 0.15) is 11.6 Å². The van der Waals surface area contributed by atoms with E-state index in [1.807, 2.05) is 7.05 Å². The third-order valence-electron chi connectivity index (χ3n) is 6.21. The molecule has 0 amide bonds. The van der Waals surface area contributed by atoms with Gasteiger partial charge in [-0.15, -0.1) is 34.2 Å². The smallest absolute Gasteiger partial charge is 0.193 e. The Labute approximate surface area is 197 Å². The van der Waals surface area contributed by atoms with Crippen molar-refractivity contribution in [1.29, 1.82) is 0 Å². The van der Waals surface area contributed by atoms with Crippen LogP contribution in [0.3, 0.4) is 0 Å². The van der Waals surface area contributed by atoms with Gasteiger partial charge in [-0.1, -0.05) is 36.8 Å². The van der Waals surface area contributed by atoms with E-state index in [0.717, 1.165) is 63.6 Å². The molecule has 0 aliphatic carbocycles. The number of fused-ring (bicyclic) bond motifs is 1. The SMILES string of the molecule is CN=C(NCCCc1nnc2n1CCCCC2)N1CCC(Cc2ccccc2)C1.I. The van der Waals surface area contributed by atoms with Crippen molar-refractivity contribution in [2.45, 2.75) is 57.9 Å². The van der Waals surface area contributed by atoms with Crippen LogP contribution in [-0.2, 0) is 25.8 Å². The van der Waals surface area contributed by atoms with Crippen molar-refractivity contribution < 1.29 is 0 Å². The van der Waals surface area contributed by atoms with Crippen LogP contribution >= 0.6 is 24.0 Å². The zero-order valence-electron chi connectivity index (χ0n) is 18.1. The molecule has 2 aliphatic heterocycles. The maximum absolute atomic E-state index is 4.53. The minimum atomic E-state index is 0. The average molecular weight is 522 g/mol. The molecule has 1 unspecified atom stereocenters. The molecule has 2 aromatic rings. The fourth-order valence-electron chi connectivity index (χ4n) is 4.65. The number of aliphatic imine (C=N–C) groups is 1. The molecule has 2 aliphatic rings. The van der Waals surface area contributed by atoms with Gasteiger partial charge in [-0.05, 0) is 43.6 Å². The Balaban J connectivity index is 0.00000256. The second kappa shape index (κ2) is 11.7. The maximum Gasteiger partial charge on any atom is 0.193 e. The normalized spacial score (nSPS) is 19.2. The largest absolute Gasteiger partial charge is 0.356 e. The van der Waals surface area contributed by atoms with Crippen molar-refractivity contribution in [3.05, 3.63) is 47.5 Å². The lowest BCUT2D eigenvalue weighted by Gasteiger charge is -2.21. The van der Waals surface area contributed by atoms with Gasteiger partial charge in [0.05, 0.1) is 0 Å². The van der Waals surface area contributed by atoms with Crippen LogP contribution in [-0.4, -0.2) is 52.3 Å². The fraction of sp³-hybridized carbons (Fsp3) is 0.609. The molecule has 1 atom stereocenters. The van der Waals surface area contributed by atoms with Gasteiger partial charge in [0.2, 0.25) is 0 Å². The van der Waals surface area contributed by atoms with Crippen LogP contribution in [0.4, 0.5) is 0 Å². The van der Waals surface area contributed by atoms with E-state index in [2.05, 4.69) is 60.3 Å². The van der Waals surface area contributed by atoms with Crippen LogP contribution in [0.5, 0.6) is 0 Å². The minimum absolute atomic E-state index is 0. The molecule has 3 heterocycles. The number of hydrogen-bond acceptors (Lipinski definition) is 3. The standard InChI is InChI=1S/C23H34N6.HI/c1-24-23(28-16-13-20(18-28)17-19-9-4-2-5-10-19)25-14-8-12-22-27-26-21-11-6-3-7-15-29(21)22;/h2,4-5,9-10,20H,3,6-8,11-18H2,1H3,(H,24,25);1H. The molecular weight excluding hydrogens is 487 g/mol. The highest BCUT2D eigenvalue weighted by Gasteiger charge is 2.24. The molecule has 0 radical (unpaired) electrons. The van der Waals surface area contributed by atoms with E-state index in [4.69, 9.17) is 0 Å². The Bertz CT molecular complexity index is 803. The third kappa shape index (κ3) is 5.95. The lowest BCUT2D eigenvalue weighted by atomic mass is 9.99. The predicted octanol–water partition coefficient (Wildman–Crippen LogP) is 3.70. The van der Waals surface area contributed by atoms with Crippen molar-refractivity contribution >= 4 is 29.9 Å². The number of hydrogen-bond donors (Lipinski definition) is 1. The van der Waals surface area contributed by atoms with E-state index in [1.165, 1.54) is 37.1 Å². The number of nitrogens with zero attached hydrogens (tertiary/aromatic N) is 5.